The number of carbonyl (C=O) groups excluding carboxylic acids is 2. The normalized spacial score (nSPS) is 11.4. The second kappa shape index (κ2) is 8.08. The molecule has 3 N–H and O–H groups in total. The lowest BCUT2D eigenvalue weighted by atomic mass is 10.1. The number of carbonyl (C=O) groups is 2. The summed E-state index contributed by atoms with van der Waals surface area (Å²) in [5.41, 5.74) is -0.0774. The minimum atomic E-state index is -0.0819. The number of amides is 2. The first-order valence-corrected chi connectivity index (χ1v) is 6.49. The van der Waals surface area contributed by atoms with Gasteiger partial charge in [0.25, 0.3) is 0 Å². The highest BCUT2D eigenvalue weighted by Gasteiger charge is 2.11. The summed E-state index contributed by atoms with van der Waals surface area (Å²) in [7, 11) is 0. The number of rotatable bonds is 7. The van der Waals surface area contributed by atoms with Crippen LogP contribution >= 0.6 is 0 Å². The summed E-state index contributed by atoms with van der Waals surface area (Å²) in [6.45, 7) is 11.4. The largest absolute Gasteiger partial charge is 0.356 e. The standard InChI is InChI=1S/C13H27N3O2/c1-10(2)8-15-11(17)6-7-14-12(18)9-16-13(3,4)5/h10,16H,6-9H2,1-5H3,(H,14,18)(H,15,17). The van der Waals surface area contributed by atoms with Crippen molar-refractivity contribution in [3.63, 3.8) is 0 Å². The smallest absolute Gasteiger partial charge is 0.233 e. The summed E-state index contributed by atoms with van der Waals surface area (Å²) in [6.07, 6.45) is 0.327. The predicted octanol–water partition coefficient (Wildman–Crippen LogP) is 0.653. The molecule has 106 valence electrons. The zero-order valence-corrected chi connectivity index (χ0v) is 12.2. The third-order valence-electron chi connectivity index (χ3n) is 2.16. The topological polar surface area (TPSA) is 70.2 Å². The van der Waals surface area contributed by atoms with Crippen LogP contribution in [0.3, 0.4) is 0 Å². The van der Waals surface area contributed by atoms with Crippen LogP contribution in [0.4, 0.5) is 0 Å². The molecular weight excluding hydrogens is 230 g/mol. The third-order valence-corrected chi connectivity index (χ3v) is 2.16. The van der Waals surface area contributed by atoms with E-state index < -0.39 is 0 Å². The molecule has 0 radical (unpaired) electrons. The van der Waals surface area contributed by atoms with Gasteiger partial charge in [0, 0.05) is 25.0 Å². The molecule has 2 amide bonds. The fourth-order valence-electron chi connectivity index (χ4n) is 1.13. The van der Waals surface area contributed by atoms with E-state index in [1.165, 1.54) is 0 Å². The number of hydrogen-bond donors (Lipinski definition) is 3. The highest BCUT2D eigenvalue weighted by Crippen LogP contribution is 1.96. The molecule has 5 nitrogen and oxygen atoms in total. The van der Waals surface area contributed by atoms with Crippen LogP contribution in [-0.2, 0) is 9.59 Å². The molecule has 0 unspecified atom stereocenters. The Hall–Kier alpha value is -1.10. The molecule has 18 heavy (non-hydrogen) atoms. The predicted molar refractivity (Wildman–Crippen MR) is 73.2 cm³/mol. The zero-order chi connectivity index (χ0) is 14.2. The van der Waals surface area contributed by atoms with E-state index >= 15 is 0 Å². The van der Waals surface area contributed by atoms with Gasteiger partial charge in [0.15, 0.2) is 0 Å². The van der Waals surface area contributed by atoms with Gasteiger partial charge in [-0.15, -0.1) is 0 Å². The molecule has 0 spiro atoms. The highest BCUT2D eigenvalue weighted by molar-refractivity contribution is 5.80. The van der Waals surface area contributed by atoms with Crippen LogP contribution in [-0.4, -0.2) is 37.0 Å². The van der Waals surface area contributed by atoms with Crippen molar-refractivity contribution < 1.29 is 9.59 Å². The molecule has 0 aliphatic heterocycles. The molecule has 0 aromatic rings. The first-order chi connectivity index (χ1) is 8.20. The van der Waals surface area contributed by atoms with Crippen molar-refractivity contribution in [3.05, 3.63) is 0 Å². The van der Waals surface area contributed by atoms with Crippen molar-refractivity contribution in [2.45, 2.75) is 46.6 Å². The third kappa shape index (κ3) is 11.4. The van der Waals surface area contributed by atoms with Crippen molar-refractivity contribution in [2.24, 2.45) is 5.92 Å². The lowest BCUT2D eigenvalue weighted by Crippen LogP contribution is -2.43. The minimum Gasteiger partial charge on any atom is -0.356 e. The molecule has 0 bridgehead atoms. The maximum atomic E-state index is 11.4. The van der Waals surface area contributed by atoms with Gasteiger partial charge in [-0.25, -0.2) is 0 Å². The van der Waals surface area contributed by atoms with Crippen molar-refractivity contribution in [1.82, 2.24) is 16.0 Å². The SMILES string of the molecule is CC(C)CNC(=O)CCNC(=O)CNC(C)(C)C. The van der Waals surface area contributed by atoms with Gasteiger partial charge in [0.1, 0.15) is 0 Å². The quantitative estimate of drug-likeness (QED) is 0.627. The molecule has 0 fully saturated rings. The van der Waals surface area contributed by atoms with Gasteiger partial charge >= 0.3 is 0 Å². The van der Waals surface area contributed by atoms with Crippen molar-refractivity contribution >= 4 is 11.8 Å². The van der Waals surface area contributed by atoms with Crippen LogP contribution in [0.5, 0.6) is 0 Å². The Morgan fingerprint density at radius 3 is 2.17 bits per heavy atom. The Morgan fingerprint density at radius 2 is 1.67 bits per heavy atom. The van der Waals surface area contributed by atoms with E-state index in [2.05, 4.69) is 16.0 Å². The van der Waals surface area contributed by atoms with Gasteiger partial charge in [-0.1, -0.05) is 13.8 Å². The molecule has 0 saturated heterocycles. The van der Waals surface area contributed by atoms with E-state index in [1.807, 2.05) is 34.6 Å². The van der Waals surface area contributed by atoms with Crippen molar-refractivity contribution in [1.29, 1.82) is 0 Å². The zero-order valence-electron chi connectivity index (χ0n) is 12.2. The average molecular weight is 257 g/mol. The molecular formula is C13H27N3O2. The molecule has 0 aliphatic rings. The average Bonchev–Trinajstić information content (AvgIpc) is 2.22. The van der Waals surface area contributed by atoms with E-state index in [4.69, 9.17) is 0 Å². The lowest BCUT2D eigenvalue weighted by molar-refractivity contribution is -0.122. The molecule has 0 rings (SSSR count). The van der Waals surface area contributed by atoms with Gasteiger partial charge in [-0.3, -0.25) is 9.59 Å². The lowest BCUT2D eigenvalue weighted by Gasteiger charge is -2.19. The Bertz CT molecular complexity index is 270. The molecule has 0 heterocycles. The second-order valence-corrected chi connectivity index (χ2v) is 5.90. The van der Waals surface area contributed by atoms with Crippen LogP contribution in [0.25, 0.3) is 0 Å². The Balaban J connectivity index is 3.59. The maximum Gasteiger partial charge on any atom is 0.233 e. The molecule has 0 aromatic heterocycles. The van der Waals surface area contributed by atoms with Crippen LogP contribution in [0, 0.1) is 5.92 Å². The molecule has 0 aromatic carbocycles. The summed E-state index contributed by atoms with van der Waals surface area (Å²) in [5.74, 6) is 0.342. The summed E-state index contributed by atoms with van der Waals surface area (Å²) in [6, 6.07) is 0. The molecule has 0 saturated carbocycles. The summed E-state index contributed by atoms with van der Waals surface area (Å²) >= 11 is 0. The Kier molecular flexibility index (Phi) is 7.59. The van der Waals surface area contributed by atoms with Gasteiger partial charge in [-0.05, 0) is 26.7 Å². The van der Waals surface area contributed by atoms with Gasteiger partial charge in [-0.2, -0.15) is 0 Å². The van der Waals surface area contributed by atoms with Crippen molar-refractivity contribution in [2.75, 3.05) is 19.6 Å². The number of nitrogens with one attached hydrogen (secondary N) is 3. The fraction of sp³-hybridized carbons (Fsp3) is 0.846. The van der Waals surface area contributed by atoms with Crippen LogP contribution in [0.1, 0.15) is 41.0 Å². The Morgan fingerprint density at radius 1 is 1.06 bits per heavy atom. The fourth-order valence-corrected chi connectivity index (χ4v) is 1.13. The first kappa shape index (κ1) is 16.9. The van der Waals surface area contributed by atoms with Gasteiger partial charge < -0.3 is 16.0 Å². The Labute approximate surface area is 110 Å². The molecule has 5 heteroatoms. The molecule has 0 aliphatic carbocycles. The second-order valence-electron chi connectivity index (χ2n) is 5.90. The summed E-state index contributed by atoms with van der Waals surface area (Å²) in [5, 5.41) is 8.61. The van der Waals surface area contributed by atoms with Gasteiger partial charge in [0.2, 0.25) is 11.8 Å². The van der Waals surface area contributed by atoms with Crippen LogP contribution < -0.4 is 16.0 Å². The van der Waals surface area contributed by atoms with E-state index in [-0.39, 0.29) is 23.9 Å². The maximum absolute atomic E-state index is 11.4. The highest BCUT2D eigenvalue weighted by atomic mass is 16.2. The van der Waals surface area contributed by atoms with Crippen LogP contribution in [0.2, 0.25) is 0 Å². The van der Waals surface area contributed by atoms with E-state index in [0.29, 0.717) is 25.4 Å². The molecule has 0 atom stereocenters. The van der Waals surface area contributed by atoms with Gasteiger partial charge in [0.05, 0.1) is 6.54 Å². The van der Waals surface area contributed by atoms with Crippen LogP contribution in [0.15, 0.2) is 0 Å². The first-order valence-electron chi connectivity index (χ1n) is 6.49. The van der Waals surface area contributed by atoms with E-state index in [1.54, 1.807) is 0 Å². The van der Waals surface area contributed by atoms with E-state index in [9.17, 15) is 9.59 Å². The minimum absolute atomic E-state index is 0.0206. The number of hydrogen-bond acceptors (Lipinski definition) is 3. The van der Waals surface area contributed by atoms with E-state index in [0.717, 1.165) is 0 Å². The summed E-state index contributed by atoms with van der Waals surface area (Å²) in [4.78, 5) is 22.8. The summed E-state index contributed by atoms with van der Waals surface area (Å²) < 4.78 is 0. The monoisotopic (exact) mass is 257 g/mol. The van der Waals surface area contributed by atoms with Crippen molar-refractivity contribution in [3.8, 4) is 0 Å².